The standard InChI is InChI=1S/C14H19N5/c1-7-6-12(13(14(15)16)10(4)17-7)19-11(5)8(2)9(3)18-19/h6H,1-5H3,(H3,15,16). The third-order valence-electron chi connectivity index (χ3n) is 3.46. The van der Waals surface area contributed by atoms with E-state index in [4.69, 9.17) is 11.1 Å². The van der Waals surface area contributed by atoms with Crippen LogP contribution >= 0.6 is 0 Å². The molecule has 0 unspecified atom stereocenters. The van der Waals surface area contributed by atoms with Gasteiger partial charge in [0, 0.05) is 11.4 Å². The van der Waals surface area contributed by atoms with Crippen molar-refractivity contribution in [3.05, 3.63) is 40.0 Å². The Kier molecular flexibility index (Phi) is 3.14. The van der Waals surface area contributed by atoms with Crippen molar-refractivity contribution in [1.82, 2.24) is 14.8 Å². The van der Waals surface area contributed by atoms with E-state index < -0.39 is 0 Å². The average Bonchev–Trinajstić information content (AvgIpc) is 2.55. The van der Waals surface area contributed by atoms with Crippen LogP contribution in [0, 0.1) is 40.0 Å². The highest BCUT2D eigenvalue weighted by atomic mass is 15.3. The molecule has 2 heterocycles. The Morgan fingerprint density at radius 1 is 1.16 bits per heavy atom. The quantitative estimate of drug-likeness (QED) is 0.638. The van der Waals surface area contributed by atoms with Crippen molar-refractivity contribution in [2.45, 2.75) is 34.6 Å². The molecule has 5 nitrogen and oxygen atoms in total. The van der Waals surface area contributed by atoms with Gasteiger partial charge in [0.1, 0.15) is 5.84 Å². The van der Waals surface area contributed by atoms with Gasteiger partial charge in [0.05, 0.1) is 22.6 Å². The number of nitrogens with two attached hydrogens (primary N) is 1. The van der Waals surface area contributed by atoms with E-state index in [1.54, 1.807) is 0 Å². The van der Waals surface area contributed by atoms with Gasteiger partial charge in [-0.25, -0.2) is 4.68 Å². The number of aromatic nitrogens is 3. The second-order valence-corrected chi connectivity index (χ2v) is 4.86. The van der Waals surface area contributed by atoms with Gasteiger partial charge in [-0.15, -0.1) is 0 Å². The van der Waals surface area contributed by atoms with Gasteiger partial charge in [-0.2, -0.15) is 5.10 Å². The number of hydrogen-bond donors (Lipinski definition) is 2. The molecule has 2 aromatic rings. The number of nitrogen functional groups attached to an aromatic ring is 1. The second-order valence-electron chi connectivity index (χ2n) is 4.86. The maximum absolute atomic E-state index is 7.76. The van der Waals surface area contributed by atoms with Gasteiger partial charge in [-0.05, 0) is 46.2 Å². The fourth-order valence-corrected chi connectivity index (χ4v) is 2.26. The molecule has 0 saturated carbocycles. The minimum absolute atomic E-state index is 0.0187. The van der Waals surface area contributed by atoms with Crippen molar-refractivity contribution in [3.63, 3.8) is 0 Å². The molecule has 0 atom stereocenters. The number of nitrogens with zero attached hydrogens (tertiary/aromatic N) is 3. The smallest absolute Gasteiger partial charge is 0.126 e. The lowest BCUT2D eigenvalue weighted by Crippen LogP contribution is -2.19. The maximum atomic E-state index is 7.76. The van der Waals surface area contributed by atoms with E-state index in [0.717, 1.165) is 34.0 Å². The number of amidine groups is 1. The summed E-state index contributed by atoms with van der Waals surface area (Å²) < 4.78 is 1.85. The fourth-order valence-electron chi connectivity index (χ4n) is 2.26. The molecule has 0 bridgehead atoms. The van der Waals surface area contributed by atoms with Gasteiger partial charge in [0.2, 0.25) is 0 Å². The summed E-state index contributed by atoms with van der Waals surface area (Å²) in [5, 5.41) is 12.3. The van der Waals surface area contributed by atoms with E-state index in [0.29, 0.717) is 5.56 Å². The maximum Gasteiger partial charge on any atom is 0.126 e. The van der Waals surface area contributed by atoms with Crippen molar-refractivity contribution in [1.29, 1.82) is 5.41 Å². The second kappa shape index (κ2) is 4.50. The lowest BCUT2D eigenvalue weighted by Gasteiger charge is -2.13. The highest BCUT2D eigenvalue weighted by Gasteiger charge is 2.17. The molecule has 2 rings (SSSR count). The summed E-state index contributed by atoms with van der Waals surface area (Å²) in [4.78, 5) is 4.38. The van der Waals surface area contributed by atoms with E-state index in [9.17, 15) is 0 Å². The van der Waals surface area contributed by atoms with Crippen LogP contribution in [-0.2, 0) is 0 Å². The Bertz CT molecular complexity index is 667. The van der Waals surface area contributed by atoms with Crippen LogP contribution in [0.1, 0.15) is 33.9 Å². The molecule has 0 aliphatic heterocycles. The van der Waals surface area contributed by atoms with Crippen molar-refractivity contribution in [2.75, 3.05) is 0 Å². The highest BCUT2D eigenvalue weighted by molar-refractivity contribution is 5.99. The van der Waals surface area contributed by atoms with E-state index >= 15 is 0 Å². The molecule has 0 aliphatic carbocycles. The first-order valence-electron chi connectivity index (χ1n) is 6.18. The van der Waals surface area contributed by atoms with Gasteiger partial charge in [0.25, 0.3) is 0 Å². The van der Waals surface area contributed by atoms with Crippen LogP contribution in [0.25, 0.3) is 5.69 Å². The van der Waals surface area contributed by atoms with E-state index in [2.05, 4.69) is 10.1 Å². The highest BCUT2D eigenvalue weighted by Crippen LogP contribution is 2.22. The number of pyridine rings is 1. The SMILES string of the molecule is Cc1cc(-n2nc(C)c(C)c2C)c(C(=N)N)c(C)n1. The summed E-state index contributed by atoms with van der Waals surface area (Å²) in [6.07, 6.45) is 0. The zero-order valence-electron chi connectivity index (χ0n) is 12.0. The molecule has 0 radical (unpaired) electrons. The summed E-state index contributed by atoms with van der Waals surface area (Å²) in [7, 11) is 0. The number of aryl methyl sites for hydroxylation is 3. The Morgan fingerprint density at radius 3 is 2.26 bits per heavy atom. The molecule has 3 N–H and O–H groups in total. The summed E-state index contributed by atoms with van der Waals surface area (Å²) in [6.45, 7) is 9.84. The molecule has 0 aliphatic rings. The van der Waals surface area contributed by atoms with Crippen LogP contribution in [0.5, 0.6) is 0 Å². The van der Waals surface area contributed by atoms with Crippen LogP contribution < -0.4 is 5.73 Å². The first-order chi connectivity index (χ1) is 8.82. The summed E-state index contributed by atoms with van der Waals surface area (Å²) in [5.41, 5.74) is 12.0. The predicted molar refractivity (Wildman–Crippen MR) is 76.1 cm³/mol. The van der Waals surface area contributed by atoms with Crippen LogP contribution in [0.4, 0.5) is 0 Å². The van der Waals surface area contributed by atoms with Gasteiger partial charge < -0.3 is 5.73 Å². The lowest BCUT2D eigenvalue weighted by atomic mass is 10.1. The first-order valence-corrected chi connectivity index (χ1v) is 6.18. The normalized spacial score (nSPS) is 10.8. The van der Waals surface area contributed by atoms with Crippen molar-refractivity contribution in [2.24, 2.45) is 5.73 Å². The Balaban J connectivity index is 2.81. The van der Waals surface area contributed by atoms with Crippen molar-refractivity contribution in [3.8, 4) is 5.69 Å². The Morgan fingerprint density at radius 2 is 1.79 bits per heavy atom. The minimum atomic E-state index is 0.0187. The Labute approximate surface area is 113 Å². The molecular weight excluding hydrogens is 238 g/mol. The lowest BCUT2D eigenvalue weighted by molar-refractivity contribution is 0.824. The molecule has 0 spiro atoms. The molecule has 0 amide bonds. The average molecular weight is 257 g/mol. The monoisotopic (exact) mass is 257 g/mol. The molecule has 0 aromatic carbocycles. The zero-order valence-corrected chi connectivity index (χ0v) is 12.0. The minimum Gasteiger partial charge on any atom is -0.384 e. The van der Waals surface area contributed by atoms with Crippen molar-refractivity contribution >= 4 is 5.84 Å². The molecule has 2 aromatic heterocycles. The number of rotatable bonds is 2. The van der Waals surface area contributed by atoms with Gasteiger partial charge in [0.15, 0.2) is 0 Å². The summed E-state index contributed by atoms with van der Waals surface area (Å²) in [6, 6.07) is 1.92. The van der Waals surface area contributed by atoms with Crippen LogP contribution in [0.2, 0.25) is 0 Å². The molecule has 0 fully saturated rings. The largest absolute Gasteiger partial charge is 0.384 e. The number of hydrogen-bond acceptors (Lipinski definition) is 3. The van der Waals surface area contributed by atoms with Crippen LogP contribution in [0.3, 0.4) is 0 Å². The van der Waals surface area contributed by atoms with Gasteiger partial charge in [-0.1, -0.05) is 0 Å². The van der Waals surface area contributed by atoms with Crippen molar-refractivity contribution < 1.29 is 0 Å². The van der Waals surface area contributed by atoms with E-state index in [-0.39, 0.29) is 5.84 Å². The summed E-state index contributed by atoms with van der Waals surface area (Å²) in [5.74, 6) is 0.0187. The van der Waals surface area contributed by atoms with Crippen LogP contribution in [0.15, 0.2) is 6.07 Å². The fraction of sp³-hybridized carbons (Fsp3) is 0.357. The molecule has 5 heteroatoms. The third kappa shape index (κ3) is 2.12. The summed E-state index contributed by atoms with van der Waals surface area (Å²) >= 11 is 0. The first kappa shape index (κ1) is 13.3. The predicted octanol–water partition coefficient (Wildman–Crippen LogP) is 2.09. The molecular formula is C14H19N5. The van der Waals surface area contributed by atoms with Gasteiger partial charge in [-0.3, -0.25) is 10.4 Å². The Hall–Kier alpha value is -2.17. The number of nitrogens with one attached hydrogen (secondary N) is 1. The molecule has 0 saturated heterocycles. The molecule has 100 valence electrons. The van der Waals surface area contributed by atoms with Gasteiger partial charge >= 0.3 is 0 Å². The van der Waals surface area contributed by atoms with E-state index in [1.165, 1.54) is 0 Å². The van der Waals surface area contributed by atoms with Crippen LogP contribution in [-0.4, -0.2) is 20.6 Å². The molecule has 19 heavy (non-hydrogen) atoms. The van der Waals surface area contributed by atoms with E-state index in [1.807, 2.05) is 45.4 Å². The topological polar surface area (TPSA) is 80.6 Å². The zero-order chi connectivity index (χ0) is 14.3. The third-order valence-corrected chi connectivity index (χ3v) is 3.46.